The minimum absolute atomic E-state index is 0.0543. The molecule has 0 amide bonds. The number of carbonyl (C=O) groups is 1. The van der Waals surface area contributed by atoms with Gasteiger partial charge in [-0.05, 0) is 13.3 Å². The number of nitrogens with zero attached hydrogens (tertiary/aromatic N) is 1. The Morgan fingerprint density at radius 3 is 2.72 bits per heavy atom. The smallest absolute Gasteiger partial charge is 0.307 e. The minimum atomic E-state index is -0.727. The topological polar surface area (TPSA) is 66.0 Å². The molecule has 1 aromatic carbocycles. The lowest BCUT2D eigenvalue weighted by Crippen LogP contribution is -1.99. The zero-order valence-corrected chi connectivity index (χ0v) is 10.1. The molecule has 1 saturated carbocycles. The Labute approximate surface area is 105 Å². The molecular weight excluding hydrogens is 228 g/mol. The molecule has 2 atom stereocenters. The van der Waals surface area contributed by atoms with Crippen LogP contribution in [-0.2, 0) is 4.79 Å². The lowest BCUT2D eigenvalue weighted by molar-refractivity contribution is -0.138. The van der Waals surface area contributed by atoms with Crippen molar-refractivity contribution in [3.63, 3.8) is 0 Å². The third-order valence-corrected chi connectivity index (χ3v) is 3.41. The molecule has 2 aromatic rings. The first-order valence-corrected chi connectivity index (χ1v) is 6.01. The zero-order valence-electron chi connectivity index (χ0n) is 10.1. The van der Waals surface area contributed by atoms with E-state index in [-0.39, 0.29) is 11.8 Å². The predicted molar refractivity (Wildman–Crippen MR) is 67.2 cm³/mol. The second kappa shape index (κ2) is 3.98. The van der Waals surface area contributed by atoms with Crippen LogP contribution in [0.1, 0.15) is 23.9 Å². The number of H-pyrrole nitrogens is 1. The number of hydrogen-bond acceptors (Lipinski definition) is 2. The quantitative estimate of drug-likeness (QED) is 0.869. The van der Waals surface area contributed by atoms with Crippen LogP contribution in [0, 0.1) is 12.8 Å². The third kappa shape index (κ3) is 1.79. The van der Waals surface area contributed by atoms with Crippen LogP contribution in [-0.4, -0.2) is 21.0 Å². The summed E-state index contributed by atoms with van der Waals surface area (Å²) in [5.74, 6) is -0.132. The number of nitrogens with one attached hydrogen (secondary N) is 1. The summed E-state index contributed by atoms with van der Waals surface area (Å²) in [5.41, 5.74) is 2.97. The third-order valence-electron chi connectivity index (χ3n) is 3.41. The highest BCUT2D eigenvalue weighted by atomic mass is 16.4. The molecule has 0 radical (unpaired) electrons. The maximum absolute atomic E-state index is 10.9. The van der Waals surface area contributed by atoms with Gasteiger partial charge >= 0.3 is 5.97 Å². The molecular formula is C14H14N2O2. The number of aliphatic carboxylic acids is 1. The Morgan fingerprint density at radius 1 is 1.39 bits per heavy atom. The summed E-state index contributed by atoms with van der Waals surface area (Å²) in [4.78, 5) is 18.6. The van der Waals surface area contributed by atoms with E-state index in [2.05, 4.69) is 9.97 Å². The van der Waals surface area contributed by atoms with Gasteiger partial charge in [0.25, 0.3) is 0 Å². The number of benzene rings is 1. The number of aromatic nitrogens is 2. The summed E-state index contributed by atoms with van der Waals surface area (Å²) >= 11 is 0. The van der Waals surface area contributed by atoms with Crippen LogP contribution in [0.15, 0.2) is 30.3 Å². The van der Waals surface area contributed by atoms with Gasteiger partial charge in [0.05, 0.1) is 11.6 Å². The van der Waals surface area contributed by atoms with Gasteiger partial charge in [0.1, 0.15) is 5.82 Å². The number of carboxylic acid groups (broad SMARTS) is 1. The monoisotopic (exact) mass is 242 g/mol. The van der Waals surface area contributed by atoms with Gasteiger partial charge < -0.3 is 10.1 Å². The fraction of sp³-hybridized carbons (Fsp3) is 0.286. The van der Waals surface area contributed by atoms with Crippen LogP contribution < -0.4 is 0 Å². The van der Waals surface area contributed by atoms with Crippen molar-refractivity contribution in [1.82, 2.24) is 9.97 Å². The summed E-state index contributed by atoms with van der Waals surface area (Å²) in [6.07, 6.45) is 0.691. The van der Waals surface area contributed by atoms with Crippen LogP contribution >= 0.6 is 0 Å². The van der Waals surface area contributed by atoms with Crippen LogP contribution in [0.2, 0.25) is 0 Å². The molecule has 92 valence electrons. The maximum atomic E-state index is 10.9. The summed E-state index contributed by atoms with van der Waals surface area (Å²) in [5, 5.41) is 8.94. The molecule has 4 nitrogen and oxygen atoms in total. The Hall–Kier alpha value is -2.10. The van der Waals surface area contributed by atoms with Gasteiger partial charge in [0.2, 0.25) is 0 Å². The molecule has 4 heteroatoms. The Kier molecular flexibility index (Phi) is 2.44. The van der Waals surface area contributed by atoms with Gasteiger partial charge in [0.15, 0.2) is 0 Å². The van der Waals surface area contributed by atoms with E-state index < -0.39 is 5.97 Å². The average Bonchev–Trinajstić information content (AvgIpc) is 3.08. The van der Waals surface area contributed by atoms with E-state index >= 15 is 0 Å². The molecule has 0 spiro atoms. The first-order chi connectivity index (χ1) is 8.66. The van der Waals surface area contributed by atoms with Crippen molar-refractivity contribution >= 4 is 5.97 Å². The molecule has 2 unspecified atom stereocenters. The average molecular weight is 242 g/mol. The highest BCUT2D eigenvalue weighted by molar-refractivity contribution is 5.75. The first-order valence-electron chi connectivity index (χ1n) is 6.01. The van der Waals surface area contributed by atoms with Crippen molar-refractivity contribution in [2.75, 3.05) is 0 Å². The van der Waals surface area contributed by atoms with Crippen LogP contribution in [0.4, 0.5) is 0 Å². The van der Waals surface area contributed by atoms with Crippen molar-refractivity contribution in [1.29, 1.82) is 0 Å². The molecule has 1 heterocycles. The van der Waals surface area contributed by atoms with E-state index in [0.29, 0.717) is 6.42 Å². The summed E-state index contributed by atoms with van der Waals surface area (Å²) in [7, 11) is 0. The molecule has 0 aliphatic heterocycles. The highest BCUT2D eigenvalue weighted by Gasteiger charge is 2.46. The normalized spacial score (nSPS) is 21.8. The van der Waals surface area contributed by atoms with E-state index in [1.807, 2.05) is 37.3 Å². The molecule has 1 fully saturated rings. The first kappa shape index (κ1) is 11.0. The van der Waals surface area contributed by atoms with Crippen LogP contribution in [0.25, 0.3) is 11.3 Å². The number of hydrogen-bond donors (Lipinski definition) is 2. The van der Waals surface area contributed by atoms with Crippen molar-refractivity contribution < 1.29 is 9.90 Å². The summed E-state index contributed by atoms with van der Waals surface area (Å²) in [6, 6.07) is 9.93. The Balaban J connectivity index is 1.91. The van der Waals surface area contributed by atoms with E-state index in [1.165, 1.54) is 0 Å². The SMILES string of the molecule is Cc1[nH]c(C2CC2C(=O)O)nc1-c1ccccc1. The number of carboxylic acids is 1. The van der Waals surface area contributed by atoms with Crippen molar-refractivity contribution in [2.24, 2.45) is 5.92 Å². The van der Waals surface area contributed by atoms with E-state index in [0.717, 1.165) is 22.8 Å². The maximum Gasteiger partial charge on any atom is 0.307 e. The molecule has 18 heavy (non-hydrogen) atoms. The van der Waals surface area contributed by atoms with Gasteiger partial charge in [-0.15, -0.1) is 0 Å². The molecule has 0 saturated heterocycles. The minimum Gasteiger partial charge on any atom is -0.481 e. The van der Waals surface area contributed by atoms with E-state index in [9.17, 15) is 4.79 Å². The standard InChI is InChI=1S/C14H14N2O2/c1-8-12(9-5-3-2-4-6-9)16-13(15-8)10-7-11(10)14(17)18/h2-6,10-11H,7H2,1H3,(H,15,16)(H,17,18). The van der Waals surface area contributed by atoms with Gasteiger partial charge in [0, 0.05) is 17.2 Å². The zero-order chi connectivity index (χ0) is 12.7. The lowest BCUT2D eigenvalue weighted by atomic mass is 10.1. The molecule has 0 bridgehead atoms. The number of imidazole rings is 1. The van der Waals surface area contributed by atoms with Crippen molar-refractivity contribution in [3.05, 3.63) is 41.9 Å². The Bertz CT molecular complexity index is 589. The van der Waals surface area contributed by atoms with Gasteiger partial charge in [-0.3, -0.25) is 4.79 Å². The van der Waals surface area contributed by atoms with Crippen molar-refractivity contribution in [2.45, 2.75) is 19.3 Å². The number of aromatic amines is 1. The fourth-order valence-corrected chi connectivity index (χ4v) is 2.31. The molecule has 2 N–H and O–H groups in total. The highest BCUT2D eigenvalue weighted by Crippen LogP contribution is 2.46. The van der Waals surface area contributed by atoms with E-state index in [1.54, 1.807) is 0 Å². The second-order valence-electron chi connectivity index (χ2n) is 4.75. The Morgan fingerprint density at radius 2 is 2.11 bits per heavy atom. The predicted octanol–water partition coefficient (Wildman–Crippen LogP) is 2.57. The van der Waals surface area contributed by atoms with Gasteiger partial charge in [-0.2, -0.15) is 0 Å². The van der Waals surface area contributed by atoms with E-state index in [4.69, 9.17) is 5.11 Å². The molecule has 1 aliphatic carbocycles. The fourth-order valence-electron chi connectivity index (χ4n) is 2.31. The van der Waals surface area contributed by atoms with Gasteiger partial charge in [-0.25, -0.2) is 4.98 Å². The molecule has 1 aliphatic rings. The largest absolute Gasteiger partial charge is 0.481 e. The van der Waals surface area contributed by atoms with Gasteiger partial charge in [-0.1, -0.05) is 30.3 Å². The van der Waals surface area contributed by atoms with Crippen LogP contribution in [0.3, 0.4) is 0 Å². The molecule has 1 aromatic heterocycles. The van der Waals surface area contributed by atoms with Crippen molar-refractivity contribution in [3.8, 4) is 11.3 Å². The summed E-state index contributed by atoms with van der Waals surface area (Å²) in [6.45, 7) is 1.97. The lowest BCUT2D eigenvalue weighted by Gasteiger charge is -1.96. The molecule has 3 rings (SSSR count). The number of aryl methyl sites for hydroxylation is 1. The summed E-state index contributed by atoms with van der Waals surface area (Å²) < 4.78 is 0. The number of rotatable bonds is 3. The van der Waals surface area contributed by atoms with Crippen LogP contribution in [0.5, 0.6) is 0 Å². The second-order valence-corrected chi connectivity index (χ2v) is 4.75.